The summed E-state index contributed by atoms with van der Waals surface area (Å²) >= 11 is 0. The Labute approximate surface area is 293 Å². The molecule has 0 fully saturated rings. The molecule has 1 heterocycles. The molecule has 50 heavy (non-hydrogen) atoms. The minimum absolute atomic E-state index is 0.0444. The summed E-state index contributed by atoms with van der Waals surface area (Å²) in [6.45, 7) is 9.40. The van der Waals surface area contributed by atoms with E-state index in [2.05, 4.69) is 155 Å². The molecule has 8 aromatic rings. The summed E-state index contributed by atoms with van der Waals surface area (Å²) in [4.78, 5) is 9.57. The predicted octanol–water partition coefficient (Wildman–Crippen LogP) is 12.4. The zero-order chi connectivity index (χ0) is 33.8. The zero-order valence-corrected chi connectivity index (χ0v) is 28.8. The van der Waals surface area contributed by atoms with Gasteiger partial charge >= 0.3 is 0 Å². The van der Waals surface area contributed by atoms with Gasteiger partial charge in [0.1, 0.15) is 0 Å². The first-order valence-electron chi connectivity index (χ1n) is 17.6. The van der Waals surface area contributed by atoms with Gasteiger partial charge in [0, 0.05) is 28.8 Å². The van der Waals surface area contributed by atoms with Crippen LogP contribution < -0.4 is 0 Å². The topological polar surface area (TPSA) is 25.8 Å². The van der Waals surface area contributed by atoms with E-state index in [0.29, 0.717) is 0 Å². The highest BCUT2D eigenvalue weighted by molar-refractivity contribution is 6.21. The van der Waals surface area contributed by atoms with Crippen molar-refractivity contribution in [3.63, 3.8) is 0 Å². The van der Waals surface area contributed by atoms with Crippen molar-refractivity contribution in [3.8, 4) is 55.9 Å². The maximum absolute atomic E-state index is 4.78. The number of hydrogen-bond acceptors (Lipinski definition) is 2. The molecule has 2 aliphatic rings. The minimum Gasteiger partial charge on any atom is -0.237 e. The lowest BCUT2D eigenvalue weighted by molar-refractivity contribution is 0.660. The molecule has 7 aromatic carbocycles. The smallest absolute Gasteiger partial charge is 0.160 e. The quantitative estimate of drug-likeness (QED) is 0.180. The molecule has 0 saturated heterocycles. The summed E-state index contributed by atoms with van der Waals surface area (Å²) in [5, 5.41) is 4.73. The van der Waals surface area contributed by atoms with Crippen LogP contribution in [0.4, 0.5) is 0 Å². The van der Waals surface area contributed by atoms with E-state index in [1.165, 1.54) is 77.5 Å². The lowest BCUT2D eigenvalue weighted by Gasteiger charge is -2.22. The van der Waals surface area contributed by atoms with Gasteiger partial charge in [-0.05, 0) is 113 Å². The van der Waals surface area contributed by atoms with Gasteiger partial charge in [0.05, 0.1) is 0 Å². The third-order valence-corrected chi connectivity index (χ3v) is 11.6. The van der Waals surface area contributed by atoms with Gasteiger partial charge in [0.25, 0.3) is 0 Å². The molecule has 0 amide bonds. The molecule has 0 atom stereocenters. The van der Waals surface area contributed by atoms with E-state index in [0.717, 1.165) is 22.2 Å². The fourth-order valence-corrected chi connectivity index (χ4v) is 9.10. The molecule has 2 heteroatoms. The number of nitrogens with zero attached hydrogens (tertiary/aromatic N) is 2. The summed E-state index contributed by atoms with van der Waals surface area (Å²) in [5.41, 5.74) is 16.8. The van der Waals surface area contributed by atoms with Crippen LogP contribution in [0.5, 0.6) is 0 Å². The van der Waals surface area contributed by atoms with Gasteiger partial charge < -0.3 is 0 Å². The van der Waals surface area contributed by atoms with Crippen LogP contribution in [-0.4, -0.2) is 9.97 Å². The molecule has 10 rings (SSSR count). The Morgan fingerprint density at radius 1 is 0.360 bits per heavy atom. The van der Waals surface area contributed by atoms with Crippen molar-refractivity contribution in [2.24, 2.45) is 0 Å². The molecule has 0 radical (unpaired) electrons. The van der Waals surface area contributed by atoms with Gasteiger partial charge in [-0.1, -0.05) is 137 Å². The molecule has 1 aromatic heterocycles. The first-order chi connectivity index (χ1) is 24.3. The van der Waals surface area contributed by atoms with Crippen molar-refractivity contribution in [3.05, 3.63) is 168 Å². The van der Waals surface area contributed by atoms with E-state index in [-0.39, 0.29) is 10.8 Å². The van der Waals surface area contributed by atoms with E-state index < -0.39 is 0 Å². The van der Waals surface area contributed by atoms with Crippen molar-refractivity contribution in [2.45, 2.75) is 38.5 Å². The fourth-order valence-electron chi connectivity index (χ4n) is 9.10. The monoisotopic (exact) mass is 640 g/mol. The summed E-state index contributed by atoms with van der Waals surface area (Å²) < 4.78 is 0. The Morgan fingerprint density at radius 2 is 0.880 bits per heavy atom. The van der Waals surface area contributed by atoms with Crippen LogP contribution >= 0.6 is 0 Å². The maximum atomic E-state index is 4.78. The molecule has 0 unspecified atom stereocenters. The van der Waals surface area contributed by atoms with E-state index in [9.17, 15) is 0 Å². The van der Waals surface area contributed by atoms with Crippen LogP contribution in [0, 0.1) is 0 Å². The predicted molar refractivity (Wildman–Crippen MR) is 208 cm³/mol. The van der Waals surface area contributed by atoms with Gasteiger partial charge in [-0.3, -0.25) is 0 Å². The zero-order valence-electron chi connectivity index (χ0n) is 28.8. The van der Waals surface area contributed by atoms with Crippen LogP contribution in [0.15, 0.2) is 146 Å². The van der Waals surface area contributed by atoms with Crippen LogP contribution in [0.2, 0.25) is 0 Å². The Morgan fingerprint density at radius 3 is 1.62 bits per heavy atom. The largest absolute Gasteiger partial charge is 0.237 e. The van der Waals surface area contributed by atoms with Crippen molar-refractivity contribution < 1.29 is 0 Å². The first kappa shape index (κ1) is 29.1. The number of hydrogen-bond donors (Lipinski definition) is 0. The highest BCUT2D eigenvalue weighted by Crippen LogP contribution is 2.52. The summed E-state index contributed by atoms with van der Waals surface area (Å²) in [5.74, 6) is 0.745. The molecule has 238 valence electrons. The van der Waals surface area contributed by atoms with Crippen molar-refractivity contribution in [1.82, 2.24) is 9.97 Å². The average molecular weight is 641 g/mol. The molecule has 0 spiro atoms. The van der Waals surface area contributed by atoms with Gasteiger partial charge in [0.15, 0.2) is 5.82 Å². The van der Waals surface area contributed by atoms with Gasteiger partial charge in [0.2, 0.25) is 0 Å². The Balaban J connectivity index is 1.26. The number of rotatable bonds is 3. The lowest BCUT2D eigenvalue weighted by Crippen LogP contribution is -2.14. The van der Waals surface area contributed by atoms with Crippen LogP contribution in [0.3, 0.4) is 0 Å². The Bertz CT molecular complexity index is 2700. The lowest BCUT2D eigenvalue weighted by atomic mass is 9.81. The van der Waals surface area contributed by atoms with Gasteiger partial charge in [-0.15, -0.1) is 0 Å². The highest BCUT2D eigenvalue weighted by atomic mass is 14.9. The standard InChI is InChI=1S/C48H36N2/c1-47(2)41-17-10-8-13-33(41)38-27-31(20-23-42(38)47)44-35-14-5-6-15-36(35)45(46-49-24-11-25-50-46)37-22-19-29(26-39(37)44)30-18-21-34-32-12-7-9-16-40(32)48(3,4)43(34)28-30/h5-28H,1-4H3. The molecular formula is C48H36N2. The average Bonchev–Trinajstić information content (AvgIpc) is 3.53. The van der Waals surface area contributed by atoms with Crippen molar-refractivity contribution >= 4 is 21.5 Å². The highest BCUT2D eigenvalue weighted by Gasteiger charge is 2.36. The number of benzene rings is 7. The van der Waals surface area contributed by atoms with Crippen molar-refractivity contribution in [1.29, 1.82) is 0 Å². The van der Waals surface area contributed by atoms with E-state index in [1.807, 2.05) is 18.5 Å². The molecule has 2 aliphatic carbocycles. The molecule has 2 nitrogen and oxygen atoms in total. The normalized spacial score (nSPS) is 14.7. The van der Waals surface area contributed by atoms with E-state index >= 15 is 0 Å². The summed E-state index contributed by atoms with van der Waals surface area (Å²) in [7, 11) is 0. The third kappa shape index (κ3) is 3.96. The number of fused-ring (bicyclic) bond motifs is 8. The van der Waals surface area contributed by atoms with Crippen LogP contribution in [-0.2, 0) is 10.8 Å². The Kier molecular flexibility index (Phi) is 6.01. The van der Waals surface area contributed by atoms with Crippen LogP contribution in [0.25, 0.3) is 77.4 Å². The molecule has 0 N–H and O–H groups in total. The van der Waals surface area contributed by atoms with Gasteiger partial charge in [-0.2, -0.15) is 0 Å². The van der Waals surface area contributed by atoms with Crippen LogP contribution in [0.1, 0.15) is 49.9 Å². The molecule has 0 bridgehead atoms. The van der Waals surface area contributed by atoms with Gasteiger partial charge in [-0.25, -0.2) is 9.97 Å². The fraction of sp³-hybridized carbons (Fsp3) is 0.125. The van der Waals surface area contributed by atoms with E-state index in [1.54, 1.807) is 0 Å². The summed E-state index contributed by atoms with van der Waals surface area (Å²) in [6.07, 6.45) is 3.68. The second-order valence-corrected chi connectivity index (χ2v) is 15.0. The SMILES string of the molecule is CC1(C)c2ccccc2-c2cc(-c3c4ccccc4c(-c4ncccn4)c4ccc(-c5ccc6c(c5)C(C)(C)c5ccccc5-6)cc34)ccc21. The maximum Gasteiger partial charge on any atom is 0.160 e. The third-order valence-electron chi connectivity index (χ3n) is 11.6. The molecular weight excluding hydrogens is 605 g/mol. The first-order valence-corrected chi connectivity index (χ1v) is 17.6. The van der Waals surface area contributed by atoms with Crippen molar-refractivity contribution in [2.75, 3.05) is 0 Å². The second-order valence-electron chi connectivity index (χ2n) is 15.0. The molecule has 0 aliphatic heterocycles. The minimum atomic E-state index is -0.0630. The van der Waals surface area contributed by atoms with E-state index in [4.69, 9.17) is 9.97 Å². The second kappa shape index (κ2) is 10.3. The molecule has 0 saturated carbocycles. The summed E-state index contributed by atoms with van der Waals surface area (Å²) in [6, 6.07) is 49.6. The number of aromatic nitrogens is 2. The Hall–Kier alpha value is -5.86.